The molecule has 2 aromatic carbocycles. The Morgan fingerprint density at radius 1 is 1.11 bits per heavy atom. The zero-order valence-electron chi connectivity index (χ0n) is 11.1. The Kier molecular flexibility index (Phi) is 5.03. The van der Waals surface area contributed by atoms with Crippen LogP contribution in [0.15, 0.2) is 53.0 Å². The molecule has 0 heterocycles. The molecule has 0 N–H and O–H groups in total. The molecular formula is C16H17BrClN. The van der Waals surface area contributed by atoms with Gasteiger partial charge in [0, 0.05) is 22.1 Å². The summed E-state index contributed by atoms with van der Waals surface area (Å²) in [7, 11) is 2.12. The number of hydrogen-bond acceptors (Lipinski definition) is 1. The average Bonchev–Trinajstić information content (AvgIpc) is 2.41. The molecule has 0 bridgehead atoms. The van der Waals surface area contributed by atoms with Crippen LogP contribution in [0, 0.1) is 0 Å². The van der Waals surface area contributed by atoms with Crippen LogP contribution in [-0.4, -0.2) is 11.9 Å². The third kappa shape index (κ3) is 3.82. The van der Waals surface area contributed by atoms with Crippen LogP contribution < -0.4 is 0 Å². The van der Waals surface area contributed by atoms with E-state index in [1.54, 1.807) is 0 Å². The van der Waals surface area contributed by atoms with Crippen molar-refractivity contribution < 1.29 is 0 Å². The van der Waals surface area contributed by atoms with Gasteiger partial charge in [0.1, 0.15) is 0 Å². The van der Waals surface area contributed by atoms with E-state index in [9.17, 15) is 0 Å². The fourth-order valence-electron chi connectivity index (χ4n) is 2.07. The molecule has 0 saturated carbocycles. The molecule has 0 unspecified atom stereocenters. The second-order valence-electron chi connectivity index (χ2n) is 4.74. The highest BCUT2D eigenvalue weighted by Crippen LogP contribution is 2.27. The van der Waals surface area contributed by atoms with Gasteiger partial charge in [-0.1, -0.05) is 57.9 Å². The zero-order valence-corrected chi connectivity index (χ0v) is 13.4. The summed E-state index contributed by atoms with van der Waals surface area (Å²) in [6.45, 7) is 3.08. The molecule has 0 fully saturated rings. The Bertz CT molecular complexity index is 539. The first-order chi connectivity index (χ1) is 9.08. The number of rotatable bonds is 4. The van der Waals surface area contributed by atoms with Gasteiger partial charge in [0.2, 0.25) is 0 Å². The van der Waals surface area contributed by atoms with Crippen molar-refractivity contribution in [1.82, 2.24) is 4.90 Å². The number of halogens is 2. The lowest BCUT2D eigenvalue weighted by molar-refractivity contribution is 0.253. The Balaban J connectivity index is 2.09. The van der Waals surface area contributed by atoms with Gasteiger partial charge >= 0.3 is 0 Å². The van der Waals surface area contributed by atoms with Crippen LogP contribution in [0.3, 0.4) is 0 Å². The van der Waals surface area contributed by atoms with Gasteiger partial charge in [0.05, 0.1) is 0 Å². The fourth-order valence-corrected chi connectivity index (χ4v) is 2.62. The Morgan fingerprint density at radius 2 is 1.74 bits per heavy atom. The highest BCUT2D eigenvalue weighted by molar-refractivity contribution is 9.10. The molecule has 0 amide bonds. The van der Waals surface area contributed by atoms with Gasteiger partial charge in [-0.2, -0.15) is 0 Å². The third-order valence-electron chi connectivity index (χ3n) is 3.36. The second kappa shape index (κ2) is 6.56. The van der Waals surface area contributed by atoms with Crippen molar-refractivity contribution >= 4 is 27.5 Å². The summed E-state index contributed by atoms with van der Waals surface area (Å²) >= 11 is 9.71. The molecule has 0 aliphatic carbocycles. The largest absolute Gasteiger partial charge is 0.295 e. The highest BCUT2D eigenvalue weighted by atomic mass is 79.9. The summed E-state index contributed by atoms with van der Waals surface area (Å²) in [6.07, 6.45) is 0. The summed E-state index contributed by atoms with van der Waals surface area (Å²) in [4.78, 5) is 2.30. The Labute approximate surface area is 128 Å². The smallest absolute Gasteiger partial charge is 0.0453 e. The molecule has 2 rings (SSSR count). The lowest BCUT2D eigenvalue weighted by Gasteiger charge is -2.26. The van der Waals surface area contributed by atoms with E-state index < -0.39 is 0 Å². The summed E-state index contributed by atoms with van der Waals surface area (Å²) in [5, 5.41) is 0.831. The summed E-state index contributed by atoms with van der Waals surface area (Å²) in [5.41, 5.74) is 2.47. The van der Waals surface area contributed by atoms with Crippen molar-refractivity contribution in [3.8, 4) is 0 Å². The van der Waals surface area contributed by atoms with E-state index in [1.165, 1.54) is 11.1 Å². The maximum atomic E-state index is 6.25. The van der Waals surface area contributed by atoms with Crippen molar-refractivity contribution in [2.45, 2.75) is 19.5 Å². The molecule has 0 aliphatic rings. The molecule has 2 aromatic rings. The lowest BCUT2D eigenvalue weighted by Crippen LogP contribution is -2.22. The second-order valence-corrected chi connectivity index (χ2v) is 6.06. The molecule has 1 nitrogen and oxygen atoms in total. The van der Waals surface area contributed by atoms with E-state index >= 15 is 0 Å². The molecule has 100 valence electrons. The average molecular weight is 339 g/mol. The lowest BCUT2D eigenvalue weighted by atomic mass is 10.1. The summed E-state index contributed by atoms with van der Waals surface area (Å²) in [6, 6.07) is 16.7. The van der Waals surface area contributed by atoms with Crippen LogP contribution in [-0.2, 0) is 6.54 Å². The fraction of sp³-hybridized carbons (Fsp3) is 0.250. The van der Waals surface area contributed by atoms with Gasteiger partial charge in [-0.25, -0.2) is 0 Å². The molecule has 0 aromatic heterocycles. The van der Waals surface area contributed by atoms with Gasteiger partial charge in [-0.15, -0.1) is 0 Å². The van der Waals surface area contributed by atoms with Crippen LogP contribution >= 0.6 is 27.5 Å². The molecule has 0 aliphatic heterocycles. The summed E-state index contributed by atoms with van der Waals surface area (Å²) in [5.74, 6) is 0. The molecule has 19 heavy (non-hydrogen) atoms. The minimum Gasteiger partial charge on any atom is -0.295 e. The zero-order chi connectivity index (χ0) is 13.8. The van der Waals surface area contributed by atoms with Crippen molar-refractivity contribution in [2.75, 3.05) is 7.05 Å². The first kappa shape index (κ1) is 14.6. The van der Waals surface area contributed by atoms with E-state index in [1.807, 2.05) is 18.2 Å². The predicted octanol–water partition coefficient (Wildman–Crippen LogP) is 5.30. The monoisotopic (exact) mass is 337 g/mol. The Hall–Kier alpha value is -0.830. The molecule has 1 atom stereocenters. The SMILES string of the molecule is C[C@@H](c1ccccc1Cl)N(C)Cc1ccc(Br)cc1. The maximum absolute atomic E-state index is 6.25. The van der Waals surface area contributed by atoms with Crippen LogP contribution in [0.2, 0.25) is 5.02 Å². The van der Waals surface area contributed by atoms with Gasteiger partial charge in [-0.05, 0) is 43.3 Å². The minimum absolute atomic E-state index is 0.289. The first-order valence-electron chi connectivity index (χ1n) is 6.27. The quantitative estimate of drug-likeness (QED) is 0.731. The van der Waals surface area contributed by atoms with E-state index in [0.29, 0.717) is 0 Å². The van der Waals surface area contributed by atoms with Gasteiger partial charge in [0.25, 0.3) is 0 Å². The standard InChI is InChI=1S/C16H17BrClN/c1-12(15-5-3-4-6-16(15)18)19(2)11-13-7-9-14(17)10-8-13/h3-10,12H,11H2,1-2H3/t12-/m0/s1. The van der Waals surface area contributed by atoms with Crippen LogP contribution in [0.1, 0.15) is 24.1 Å². The summed E-state index contributed by atoms with van der Waals surface area (Å²) < 4.78 is 1.11. The third-order valence-corrected chi connectivity index (χ3v) is 4.23. The topological polar surface area (TPSA) is 3.24 Å². The van der Waals surface area contributed by atoms with E-state index in [4.69, 9.17) is 11.6 Å². The molecule has 3 heteroatoms. The van der Waals surface area contributed by atoms with E-state index in [0.717, 1.165) is 16.0 Å². The van der Waals surface area contributed by atoms with Crippen molar-refractivity contribution in [3.63, 3.8) is 0 Å². The van der Waals surface area contributed by atoms with Gasteiger partial charge in [-0.3, -0.25) is 4.90 Å². The van der Waals surface area contributed by atoms with Crippen LogP contribution in [0.5, 0.6) is 0 Å². The van der Waals surface area contributed by atoms with E-state index in [-0.39, 0.29) is 6.04 Å². The highest BCUT2D eigenvalue weighted by Gasteiger charge is 2.14. The van der Waals surface area contributed by atoms with Gasteiger partial charge < -0.3 is 0 Å². The van der Waals surface area contributed by atoms with Gasteiger partial charge in [0.15, 0.2) is 0 Å². The van der Waals surface area contributed by atoms with Crippen LogP contribution in [0.4, 0.5) is 0 Å². The Morgan fingerprint density at radius 3 is 2.37 bits per heavy atom. The van der Waals surface area contributed by atoms with Crippen molar-refractivity contribution in [2.24, 2.45) is 0 Å². The number of hydrogen-bond donors (Lipinski definition) is 0. The van der Waals surface area contributed by atoms with E-state index in [2.05, 4.69) is 65.1 Å². The molecule has 0 radical (unpaired) electrons. The number of nitrogens with zero attached hydrogens (tertiary/aromatic N) is 1. The van der Waals surface area contributed by atoms with Crippen molar-refractivity contribution in [1.29, 1.82) is 0 Å². The maximum Gasteiger partial charge on any atom is 0.0453 e. The minimum atomic E-state index is 0.289. The molecule has 0 spiro atoms. The predicted molar refractivity (Wildman–Crippen MR) is 85.5 cm³/mol. The normalized spacial score (nSPS) is 12.7. The molecular weight excluding hydrogens is 322 g/mol. The number of benzene rings is 2. The van der Waals surface area contributed by atoms with Crippen LogP contribution in [0.25, 0.3) is 0 Å². The van der Waals surface area contributed by atoms with Crippen molar-refractivity contribution in [3.05, 3.63) is 69.2 Å². The molecule has 0 saturated heterocycles. The first-order valence-corrected chi connectivity index (χ1v) is 7.44.